The Morgan fingerprint density at radius 3 is 2.39 bits per heavy atom. The summed E-state index contributed by atoms with van der Waals surface area (Å²) in [4.78, 5) is 10.2. The van der Waals surface area contributed by atoms with E-state index in [2.05, 4.69) is 26.5 Å². The summed E-state index contributed by atoms with van der Waals surface area (Å²) in [6.45, 7) is 0.759. The maximum atomic E-state index is 10.7. The Balaban J connectivity index is 1.51. The quantitative estimate of drug-likeness (QED) is 0.182. The minimum atomic E-state index is -0.449. The van der Waals surface area contributed by atoms with Gasteiger partial charge in [0.15, 0.2) is 11.5 Å². The fourth-order valence-corrected chi connectivity index (χ4v) is 2.83. The van der Waals surface area contributed by atoms with Crippen molar-refractivity contribution < 1.29 is 19.1 Å². The standard InChI is InChI=1S/C22H20BrN3O5/c1-29-22-14-16(15-24-25-18-5-7-19(8-6-18)26(27)28)2-11-21(22)31-13-12-30-20-9-3-17(23)4-10-20/h2-11,14-15,25H,12-13H2,1H3/b24-15+. The van der Waals surface area contributed by atoms with E-state index in [1.165, 1.54) is 12.1 Å². The van der Waals surface area contributed by atoms with Gasteiger partial charge >= 0.3 is 0 Å². The lowest BCUT2D eigenvalue weighted by atomic mass is 10.2. The molecular weight excluding hydrogens is 466 g/mol. The van der Waals surface area contributed by atoms with Crippen LogP contribution < -0.4 is 19.6 Å². The van der Waals surface area contributed by atoms with Crippen LogP contribution >= 0.6 is 15.9 Å². The molecule has 0 saturated carbocycles. The maximum Gasteiger partial charge on any atom is 0.269 e. The van der Waals surface area contributed by atoms with Crippen LogP contribution in [0, 0.1) is 10.1 Å². The smallest absolute Gasteiger partial charge is 0.269 e. The summed E-state index contributed by atoms with van der Waals surface area (Å²) >= 11 is 3.38. The monoisotopic (exact) mass is 485 g/mol. The summed E-state index contributed by atoms with van der Waals surface area (Å²) in [6, 6.07) is 19.0. The van der Waals surface area contributed by atoms with Gasteiger partial charge in [-0.25, -0.2) is 0 Å². The van der Waals surface area contributed by atoms with Crippen LogP contribution in [0.4, 0.5) is 11.4 Å². The zero-order valence-electron chi connectivity index (χ0n) is 16.7. The van der Waals surface area contributed by atoms with E-state index in [9.17, 15) is 10.1 Å². The predicted molar refractivity (Wildman–Crippen MR) is 122 cm³/mol. The Hall–Kier alpha value is -3.59. The Morgan fingerprint density at radius 1 is 1.00 bits per heavy atom. The molecule has 0 aliphatic carbocycles. The lowest BCUT2D eigenvalue weighted by Gasteiger charge is -2.12. The van der Waals surface area contributed by atoms with Gasteiger partial charge in [0.25, 0.3) is 5.69 Å². The zero-order valence-corrected chi connectivity index (χ0v) is 18.2. The first kappa shape index (κ1) is 22.1. The Kier molecular flexibility index (Phi) is 7.83. The molecule has 0 atom stereocenters. The number of rotatable bonds is 10. The van der Waals surface area contributed by atoms with Crippen LogP contribution in [0.1, 0.15) is 5.56 Å². The van der Waals surface area contributed by atoms with E-state index < -0.39 is 4.92 Å². The van der Waals surface area contributed by atoms with Gasteiger partial charge in [-0.15, -0.1) is 0 Å². The molecule has 0 saturated heterocycles. The van der Waals surface area contributed by atoms with Crippen LogP contribution in [0.5, 0.6) is 17.2 Å². The Labute approximate surface area is 187 Å². The molecule has 0 aromatic heterocycles. The van der Waals surface area contributed by atoms with E-state index in [1.54, 1.807) is 37.6 Å². The number of nitrogens with one attached hydrogen (secondary N) is 1. The van der Waals surface area contributed by atoms with Crippen molar-refractivity contribution in [3.63, 3.8) is 0 Å². The molecular formula is C22H20BrN3O5. The third-order valence-corrected chi connectivity index (χ3v) is 4.63. The molecule has 31 heavy (non-hydrogen) atoms. The number of ether oxygens (including phenoxy) is 3. The summed E-state index contributed by atoms with van der Waals surface area (Å²) in [5.74, 6) is 1.94. The molecule has 8 nitrogen and oxygen atoms in total. The number of hydrazone groups is 1. The Bertz CT molecular complexity index is 1040. The lowest BCUT2D eigenvalue weighted by Crippen LogP contribution is -2.09. The number of nitro groups is 1. The van der Waals surface area contributed by atoms with E-state index in [1.807, 2.05) is 30.3 Å². The molecule has 0 bridgehead atoms. The van der Waals surface area contributed by atoms with Crippen molar-refractivity contribution in [1.29, 1.82) is 0 Å². The topological polar surface area (TPSA) is 95.2 Å². The number of hydrogen-bond acceptors (Lipinski definition) is 7. The molecule has 0 radical (unpaired) electrons. The van der Waals surface area contributed by atoms with Gasteiger partial charge in [-0.05, 0) is 60.2 Å². The second kappa shape index (κ2) is 11.0. The minimum Gasteiger partial charge on any atom is -0.493 e. The SMILES string of the molecule is COc1cc(/C=N/Nc2ccc([N+](=O)[O-])cc2)ccc1OCCOc1ccc(Br)cc1. The molecule has 0 heterocycles. The zero-order chi connectivity index (χ0) is 22.1. The van der Waals surface area contributed by atoms with Gasteiger partial charge in [0.2, 0.25) is 0 Å². The number of methoxy groups -OCH3 is 1. The van der Waals surface area contributed by atoms with Crippen molar-refractivity contribution in [3.05, 3.63) is 86.9 Å². The largest absolute Gasteiger partial charge is 0.493 e. The molecule has 0 spiro atoms. The number of nitrogens with zero attached hydrogens (tertiary/aromatic N) is 2. The third-order valence-electron chi connectivity index (χ3n) is 4.10. The Morgan fingerprint density at radius 2 is 1.71 bits per heavy atom. The summed E-state index contributed by atoms with van der Waals surface area (Å²) in [5, 5.41) is 14.8. The van der Waals surface area contributed by atoms with E-state index in [0.29, 0.717) is 30.4 Å². The highest BCUT2D eigenvalue weighted by molar-refractivity contribution is 9.10. The molecule has 3 aromatic rings. The molecule has 0 unspecified atom stereocenters. The summed E-state index contributed by atoms with van der Waals surface area (Å²) in [5.41, 5.74) is 4.29. The van der Waals surface area contributed by atoms with Gasteiger partial charge in [0.05, 0.1) is 23.9 Å². The van der Waals surface area contributed by atoms with Crippen molar-refractivity contribution in [2.75, 3.05) is 25.7 Å². The minimum absolute atomic E-state index is 0.0251. The van der Waals surface area contributed by atoms with Crippen molar-refractivity contribution in [1.82, 2.24) is 0 Å². The number of halogens is 1. The predicted octanol–water partition coefficient (Wildman–Crippen LogP) is 5.27. The van der Waals surface area contributed by atoms with Crippen LogP contribution in [0.2, 0.25) is 0 Å². The number of nitro benzene ring substituents is 1. The molecule has 0 amide bonds. The molecule has 0 aliphatic rings. The van der Waals surface area contributed by atoms with Gasteiger partial charge in [0.1, 0.15) is 19.0 Å². The molecule has 1 N–H and O–H groups in total. The van der Waals surface area contributed by atoms with Crippen LogP contribution in [0.3, 0.4) is 0 Å². The van der Waals surface area contributed by atoms with Crippen molar-refractivity contribution in [3.8, 4) is 17.2 Å². The number of anilines is 1. The first-order valence-corrected chi connectivity index (χ1v) is 10.1. The van der Waals surface area contributed by atoms with E-state index in [0.717, 1.165) is 15.8 Å². The van der Waals surface area contributed by atoms with Gasteiger partial charge < -0.3 is 14.2 Å². The van der Waals surface area contributed by atoms with Crippen LogP contribution in [-0.2, 0) is 0 Å². The van der Waals surface area contributed by atoms with E-state index >= 15 is 0 Å². The number of non-ortho nitro benzene ring substituents is 1. The first-order valence-electron chi connectivity index (χ1n) is 9.28. The van der Waals surface area contributed by atoms with Crippen LogP contribution in [0.15, 0.2) is 76.3 Å². The molecule has 160 valence electrons. The second-order valence-electron chi connectivity index (χ2n) is 6.24. The summed E-state index contributed by atoms with van der Waals surface area (Å²) < 4.78 is 17.8. The summed E-state index contributed by atoms with van der Waals surface area (Å²) in [6.07, 6.45) is 1.62. The normalized spacial score (nSPS) is 10.6. The number of benzene rings is 3. The van der Waals surface area contributed by atoms with Crippen molar-refractivity contribution in [2.24, 2.45) is 5.10 Å². The van der Waals surface area contributed by atoms with Crippen molar-refractivity contribution in [2.45, 2.75) is 0 Å². The van der Waals surface area contributed by atoms with Crippen LogP contribution in [0.25, 0.3) is 0 Å². The highest BCUT2D eigenvalue weighted by atomic mass is 79.9. The average Bonchev–Trinajstić information content (AvgIpc) is 2.78. The van der Waals surface area contributed by atoms with Gasteiger partial charge in [-0.2, -0.15) is 5.10 Å². The fraction of sp³-hybridized carbons (Fsp3) is 0.136. The molecule has 0 aliphatic heterocycles. The van der Waals surface area contributed by atoms with E-state index in [4.69, 9.17) is 14.2 Å². The van der Waals surface area contributed by atoms with Crippen LogP contribution in [-0.4, -0.2) is 31.5 Å². The maximum absolute atomic E-state index is 10.7. The fourth-order valence-electron chi connectivity index (χ4n) is 2.56. The second-order valence-corrected chi connectivity index (χ2v) is 7.15. The highest BCUT2D eigenvalue weighted by Crippen LogP contribution is 2.27. The molecule has 3 aromatic carbocycles. The first-order chi connectivity index (χ1) is 15.0. The molecule has 9 heteroatoms. The molecule has 0 fully saturated rings. The number of hydrogen-bond donors (Lipinski definition) is 1. The van der Waals surface area contributed by atoms with Gasteiger partial charge in [-0.3, -0.25) is 15.5 Å². The van der Waals surface area contributed by atoms with E-state index in [-0.39, 0.29) is 5.69 Å². The van der Waals surface area contributed by atoms with Gasteiger partial charge in [-0.1, -0.05) is 15.9 Å². The molecule has 3 rings (SSSR count). The third kappa shape index (κ3) is 6.71. The van der Waals surface area contributed by atoms with Gasteiger partial charge in [0, 0.05) is 16.6 Å². The highest BCUT2D eigenvalue weighted by Gasteiger charge is 2.06. The summed E-state index contributed by atoms with van der Waals surface area (Å²) in [7, 11) is 1.57. The van der Waals surface area contributed by atoms with Crippen molar-refractivity contribution >= 4 is 33.5 Å². The average molecular weight is 486 g/mol. The lowest BCUT2D eigenvalue weighted by molar-refractivity contribution is -0.384.